The number of thiazole rings is 1. The number of aryl methyl sites for hydroxylation is 2. The molecule has 2 aliphatic rings. The van der Waals surface area contributed by atoms with Crippen LogP contribution in [0.2, 0.25) is 0 Å². The van der Waals surface area contributed by atoms with E-state index in [2.05, 4.69) is 4.98 Å². The Morgan fingerprint density at radius 1 is 1.07 bits per heavy atom. The number of Topliss-reactive ketones (excluding diaryl/α,β-unsaturated/α-hetero) is 1. The van der Waals surface area contributed by atoms with E-state index in [1.54, 1.807) is 22.3 Å². The standard InChI is InChI=1S/C31H29N3O4S2/c1-19-29(40-18-32-19)21-11-8-20(9-12-21)10-13-26(36)25-15-23(35)17-33(25)31(38)28(27-7-4-14-39-27)34-16-22-5-2-3-6-24(22)30(34)37/h2-9,11-12,14,18,23,25,28,35H,10,13,15-17H2,1H3/t23-,25+,28?/m1/s1. The van der Waals surface area contributed by atoms with E-state index in [4.69, 9.17) is 0 Å². The first-order valence-electron chi connectivity index (χ1n) is 13.3. The van der Waals surface area contributed by atoms with E-state index in [0.717, 1.165) is 32.1 Å². The maximum atomic E-state index is 14.1. The first-order chi connectivity index (χ1) is 19.4. The summed E-state index contributed by atoms with van der Waals surface area (Å²) in [5.74, 6) is -0.585. The number of hydrogen-bond donors (Lipinski definition) is 1. The maximum Gasteiger partial charge on any atom is 0.255 e. The Morgan fingerprint density at radius 2 is 1.88 bits per heavy atom. The van der Waals surface area contributed by atoms with Gasteiger partial charge in [0.1, 0.15) is 6.04 Å². The lowest BCUT2D eigenvalue weighted by atomic mass is 10.00. The van der Waals surface area contributed by atoms with Gasteiger partial charge in [-0.3, -0.25) is 14.4 Å². The van der Waals surface area contributed by atoms with Gasteiger partial charge >= 0.3 is 0 Å². The number of thiophene rings is 1. The Bertz CT molecular complexity index is 1550. The molecule has 6 rings (SSSR count). The van der Waals surface area contributed by atoms with Crippen LogP contribution in [-0.4, -0.2) is 56.2 Å². The van der Waals surface area contributed by atoms with Crippen LogP contribution in [0.25, 0.3) is 10.4 Å². The number of hydrogen-bond acceptors (Lipinski definition) is 7. The third-order valence-corrected chi connectivity index (χ3v) is 9.67. The van der Waals surface area contributed by atoms with Crippen LogP contribution in [0.4, 0.5) is 0 Å². The van der Waals surface area contributed by atoms with Gasteiger partial charge in [-0.05, 0) is 47.5 Å². The molecular weight excluding hydrogens is 542 g/mol. The fourth-order valence-electron chi connectivity index (χ4n) is 5.70. The van der Waals surface area contributed by atoms with Crippen molar-refractivity contribution in [2.45, 2.75) is 50.9 Å². The maximum absolute atomic E-state index is 14.1. The summed E-state index contributed by atoms with van der Waals surface area (Å²) in [5.41, 5.74) is 6.45. The van der Waals surface area contributed by atoms with Crippen molar-refractivity contribution in [1.82, 2.24) is 14.8 Å². The minimum absolute atomic E-state index is 0.0757. The van der Waals surface area contributed by atoms with Crippen molar-refractivity contribution in [2.24, 2.45) is 0 Å². The van der Waals surface area contributed by atoms with Gasteiger partial charge in [0.25, 0.3) is 11.8 Å². The highest BCUT2D eigenvalue weighted by Gasteiger charge is 2.45. The van der Waals surface area contributed by atoms with Crippen LogP contribution in [0, 0.1) is 6.92 Å². The molecule has 2 aromatic carbocycles. The average molecular weight is 572 g/mol. The number of β-amino-alcohol motifs (C(OH)–C–C–N with tert-alkyl or cyclic N) is 1. The number of fused-ring (bicyclic) bond motifs is 1. The number of aliphatic hydroxyl groups is 1. The molecular formula is C31H29N3O4S2. The minimum atomic E-state index is -0.844. The summed E-state index contributed by atoms with van der Waals surface area (Å²) in [6, 6.07) is 17.7. The van der Waals surface area contributed by atoms with E-state index in [-0.39, 0.29) is 37.0 Å². The molecule has 3 atom stereocenters. The minimum Gasteiger partial charge on any atom is -0.391 e. The van der Waals surface area contributed by atoms with Gasteiger partial charge in [-0.1, -0.05) is 48.5 Å². The third kappa shape index (κ3) is 5.00. The number of nitrogens with zero attached hydrogens (tertiary/aromatic N) is 3. The first kappa shape index (κ1) is 26.6. The second-order valence-electron chi connectivity index (χ2n) is 10.3. The molecule has 1 N–H and O–H groups in total. The van der Waals surface area contributed by atoms with Crippen LogP contribution >= 0.6 is 22.7 Å². The van der Waals surface area contributed by atoms with Gasteiger partial charge in [0.05, 0.1) is 28.2 Å². The Hall–Kier alpha value is -3.66. The molecule has 0 saturated carbocycles. The van der Waals surface area contributed by atoms with Crippen LogP contribution in [0.15, 0.2) is 71.6 Å². The third-order valence-electron chi connectivity index (χ3n) is 7.76. The van der Waals surface area contributed by atoms with Crippen LogP contribution in [0.1, 0.15) is 50.9 Å². The molecule has 0 spiro atoms. The SMILES string of the molecule is Cc1ncsc1-c1ccc(CCC(=O)[C@@H]2C[C@@H](O)CN2C(=O)C(c2cccs2)N2Cc3ccccc3C2=O)cc1. The molecule has 0 bridgehead atoms. The molecule has 1 fully saturated rings. The fourth-order valence-corrected chi connectivity index (χ4v) is 7.34. The molecule has 4 aromatic rings. The van der Waals surface area contributed by atoms with Crippen molar-refractivity contribution in [3.8, 4) is 10.4 Å². The number of benzene rings is 2. The number of carbonyl (C=O) groups is 3. The molecule has 0 aliphatic carbocycles. The van der Waals surface area contributed by atoms with Crippen molar-refractivity contribution in [1.29, 1.82) is 0 Å². The van der Waals surface area contributed by atoms with E-state index in [1.165, 1.54) is 16.2 Å². The Morgan fingerprint density at radius 3 is 2.58 bits per heavy atom. The number of aliphatic hydroxyl groups excluding tert-OH is 1. The highest BCUT2D eigenvalue weighted by Crippen LogP contribution is 2.36. The van der Waals surface area contributed by atoms with Crippen LogP contribution in [0.3, 0.4) is 0 Å². The zero-order valence-corrected chi connectivity index (χ0v) is 23.7. The summed E-state index contributed by atoms with van der Waals surface area (Å²) in [7, 11) is 0. The lowest BCUT2D eigenvalue weighted by molar-refractivity contribution is -0.141. The van der Waals surface area contributed by atoms with Gasteiger partial charge in [0.2, 0.25) is 0 Å². The van der Waals surface area contributed by atoms with Crippen molar-refractivity contribution in [3.63, 3.8) is 0 Å². The fraction of sp³-hybridized carbons (Fsp3) is 0.290. The summed E-state index contributed by atoms with van der Waals surface area (Å²) in [4.78, 5) is 50.2. The van der Waals surface area contributed by atoms with E-state index < -0.39 is 18.2 Å². The number of ketones is 1. The Labute approximate surface area is 240 Å². The van der Waals surface area contributed by atoms with E-state index in [1.807, 2.05) is 72.4 Å². The molecule has 204 valence electrons. The highest BCUT2D eigenvalue weighted by molar-refractivity contribution is 7.13. The summed E-state index contributed by atoms with van der Waals surface area (Å²) in [6.45, 7) is 2.40. The average Bonchev–Trinajstić information content (AvgIpc) is 3.77. The van der Waals surface area contributed by atoms with Gasteiger partial charge in [-0.25, -0.2) is 4.98 Å². The lowest BCUT2D eigenvalue weighted by Crippen LogP contribution is -2.47. The van der Waals surface area contributed by atoms with E-state index in [9.17, 15) is 19.5 Å². The van der Waals surface area contributed by atoms with E-state index >= 15 is 0 Å². The molecule has 40 heavy (non-hydrogen) atoms. The molecule has 2 aliphatic heterocycles. The van der Waals surface area contributed by atoms with Gasteiger partial charge in [0, 0.05) is 36.4 Å². The quantitative estimate of drug-likeness (QED) is 0.320. The second kappa shape index (κ2) is 11.1. The topological polar surface area (TPSA) is 90.8 Å². The number of likely N-dealkylation sites (tertiary alicyclic amines) is 1. The predicted octanol–water partition coefficient (Wildman–Crippen LogP) is 5.04. The molecule has 0 radical (unpaired) electrons. The zero-order chi connectivity index (χ0) is 27.8. The van der Waals surface area contributed by atoms with Crippen molar-refractivity contribution in [3.05, 3.63) is 98.8 Å². The molecule has 7 nitrogen and oxygen atoms in total. The molecule has 9 heteroatoms. The van der Waals surface area contributed by atoms with Crippen molar-refractivity contribution < 1.29 is 19.5 Å². The molecule has 2 amide bonds. The van der Waals surface area contributed by atoms with Crippen LogP contribution < -0.4 is 0 Å². The predicted molar refractivity (Wildman–Crippen MR) is 155 cm³/mol. The van der Waals surface area contributed by atoms with Crippen molar-refractivity contribution >= 4 is 40.3 Å². The summed E-state index contributed by atoms with van der Waals surface area (Å²) in [6.07, 6.45) is 0.233. The number of rotatable bonds is 8. The monoisotopic (exact) mass is 571 g/mol. The smallest absolute Gasteiger partial charge is 0.255 e. The van der Waals surface area contributed by atoms with Crippen LogP contribution in [-0.2, 0) is 22.6 Å². The summed E-state index contributed by atoms with van der Waals surface area (Å²) in [5, 5.41) is 12.4. The molecule has 1 unspecified atom stereocenters. The highest BCUT2D eigenvalue weighted by atomic mass is 32.1. The first-order valence-corrected chi connectivity index (χ1v) is 15.1. The van der Waals surface area contributed by atoms with Gasteiger partial charge in [-0.2, -0.15) is 0 Å². The normalized spacial score (nSPS) is 19.2. The van der Waals surface area contributed by atoms with Gasteiger partial charge in [0.15, 0.2) is 5.78 Å². The molecule has 2 aromatic heterocycles. The summed E-state index contributed by atoms with van der Waals surface area (Å²) < 4.78 is 0. The van der Waals surface area contributed by atoms with E-state index in [0.29, 0.717) is 18.5 Å². The van der Waals surface area contributed by atoms with Crippen molar-refractivity contribution in [2.75, 3.05) is 6.54 Å². The molecule has 4 heterocycles. The Kier molecular flexibility index (Phi) is 7.35. The van der Waals surface area contributed by atoms with Gasteiger partial charge in [-0.15, -0.1) is 22.7 Å². The van der Waals surface area contributed by atoms with Crippen LogP contribution in [0.5, 0.6) is 0 Å². The number of carbonyl (C=O) groups excluding carboxylic acids is 3. The largest absolute Gasteiger partial charge is 0.391 e. The summed E-state index contributed by atoms with van der Waals surface area (Å²) >= 11 is 3.02. The lowest BCUT2D eigenvalue weighted by Gasteiger charge is -2.32. The van der Waals surface area contributed by atoms with Gasteiger partial charge < -0.3 is 14.9 Å². The molecule has 1 saturated heterocycles. The Balaban J connectivity index is 1.18. The number of amides is 2. The zero-order valence-electron chi connectivity index (χ0n) is 22.0. The second-order valence-corrected chi connectivity index (χ2v) is 12.2. The number of aromatic nitrogens is 1.